The molecule has 0 aliphatic carbocycles. The lowest BCUT2D eigenvalue weighted by Crippen LogP contribution is -2.37. The molecule has 6 nitrogen and oxygen atoms in total. The van der Waals surface area contributed by atoms with Gasteiger partial charge < -0.3 is 15.4 Å². The van der Waals surface area contributed by atoms with E-state index in [1.807, 2.05) is 18.2 Å². The molecule has 2 heterocycles. The normalized spacial score (nSPS) is 17.0. The van der Waals surface area contributed by atoms with Crippen LogP contribution in [0.3, 0.4) is 0 Å². The zero-order valence-corrected chi connectivity index (χ0v) is 15.0. The number of rotatable bonds is 4. The predicted octanol–water partition coefficient (Wildman–Crippen LogP) is 3.32. The summed E-state index contributed by atoms with van der Waals surface area (Å²) in [5.74, 6) is 0.596. The summed E-state index contributed by atoms with van der Waals surface area (Å²) in [6.45, 7) is 1.62. The van der Waals surface area contributed by atoms with Crippen molar-refractivity contribution in [3.05, 3.63) is 42.2 Å². The van der Waals surface area contributed by atoms with Gasteiger partial charge >= 0.3 is 0 Å². The second kappa shape index (κ2) is 7.36. The summed E-state index contributed by atoms with van der Waals surface area (Å²) in [6, 6.07) is 10.1. The highest BCUT2D eigenvalue weighted by atomic mass is 19.1. The summed E-state index contributed by atoms with van der Waals surface area (Å²) in [5.41, 5.74) is 1.90. The zero-order chi connectivity index (χ0) is 18.8. The molecule has 27 heavy (non-hydrogen) atoms. The highest BCUT2D eigenvalue weighted by Gasteiger charge is 2.22. The fourth-order valence-electron chi connectivity index (χ4n) is 3.42. The van der Waals surface area contributed by atoms with E-state index in [1.165, 1.54) is 6.07 Å². The van der Waals surface area contributed by atoms with Gasteiger partial charge in [-0.2, -0.15) is 5.10 Å². The van der Waals surface area contributed by atoms with E-state index in [2.05, 4.69) is 20.8 Å². The molecule has 0 bridgehead atoms. The number of methoxy groups -OCH3 is 1. The zero-order valence-electron chi connectivity index (χ0n) is 15.0. The number of fused-ring (bicyclic) bond motifs is 1. The number of halogens is 1. The number of nitrogens with one attached hydrogen (secondary N) is 3. The lowest BCUT2D eigenvalue weighted by atomic mass is 9.99. The molecule has 3 N–H and O–H groups in total. The van der Waals surface area contributed by atoms with Crippen LogP contribution in [0.1, 0.15) is 12.8 Å². The molecular weight excluding hydrogens is 347 g/mol. The van der Waals surface area contributed by atoms with Crippen molar-refractivity contribution in [2.24, 2.45) is 5.92 Å². The second-order valence-electron chi connectivity index (χ2n) is 6.71. The number of carbonyl (C=O) groups is 1. The number of ether oxygens (including phenoxy) is 1. The number of aromatic nitrogens is 2. The van der Waals surface area contributed by atoms with Gasteiger partial charge in [0.2, 0.25) is 5.91 Å². The third-order valence-corrected chi connectivity index (χ3v) is 4.96. The Kier molecular flexibility index (Phi) is 4.77. The molecule has 0 saturated carbocycles. The topological polar surface area (TPSA) is 79.0 Å². The first kappa shape index (κ1) is 17.5. The smallest absolute Gasteiger partial charge is 0.229 e. The monoisotopic (exact) mass is 368 g/mol. The molecule has 1 saturated heterocycles. The van der Waals surface area contributed by atoms with Crippen LogP contribution >= 0.6 is 0 Å². The summed E-state index contributed by atoms with van der Waals surface area (Å²) >= 11 is 0. The molecule has 1 aliphatic rings. The maximum Gasteiger partial charge on any atom is 0.229 e. The van der Waals surface area contributed by atoms with Crippen LogP contribution in [0.2, 0.25) is 0 Å². The van der Waals surface area contributed by atoms with Crippen molar-refractivity contribution in [2.45, 2.75) is 12.8 Å². The minimum atomic E-state index is -0.336. The van der Waals surface area contributed by atoms with E-state index >= 15 is 0 Å². The van der Waals surface area contributed by atoms with E-state index in [4.69, 9.17) is 4.74 Å². The van der Waals surface area contributed by atoms with Crippen LogP contribution in [-0.2, 0) is 4.79 Å². The third-order valence-electron chi connectivity index (χ3n) is 4.96. The average Bonchev–Trinajstić information content (AvgIpc) is 3.11. The Labute approximate surface area is 156 Å². The van der Waals surface area contributed by atoms with E-state index in [-0.39, 0.29) is 17.6 Å². The first-order valence-corrected chi connectivity index (χ1v) is 8.99. The van der Waals surface area contributed by atoms with Crippen molar-refractivity contribution < 1.29 is 13.9 Å². The number of hydrogen-bond acceptors (Lipinski definition) is 4. The lowest BCUT2D eigenvalue weighted by molar-refractivity contribution is -0.120. The van der Waals surface area contributed by atoms with Gasteiger partial charge in [-0.05, 0) is 55.3 Å². The molecule has 2 aromatic carbocycles. The van der Waals surface area contributed by atoms with Gasteiger partial charge in [-0.3, -0.25) is 9.89 Å². The number of nitrogens with zero attached hydrogens (tertiary/aromatic N) is 1. The second-order valence-corrected chi connectivity index (χ2v) is 6.71. The fourth-order valence-corrected chi connectivity index (χ4v) is 3.42. The molecule has 140 valence electrons. The molecule has 1 fully saturated rings. The molecule has 7 heteroatoms. The van der Waals surface area contributed by atoms with Crippen LogP contribution < -0.4 is 15.4 Å². The predicted molar refractivity (Wildman–Crippen MR) is 102 cm³/mol. The van der Waals surface area contributed by atoms with Crippen LogP contribution in [0.25, 0.3) is 22.0 Å². The molecule has 3 aromatic rings. The van der Waals surface area contributed by atoms with Crippen molar-refractivity contribution in [1.82, 2.24) is 15.5 Å². The van der Waals surface area contributed by atoms with E-state index in [9.17, 15) is 9.18 Å². The molecule has 0 unspecified atom stereocenters. The summed E-state index contributed by atoms with van der Waals surface area (Å²) < 4.78 is 19.5. The summed E-state index contributed by atoms with van der Waals surface area (Å²) in [4.78, 5) is 12.5. The maximum absolute atomic E-state index is 14.3. The van der Waals surface area contributed by atoms with Gasteiger partial charge in [0.25, 0.3) is 0 Å². The Hall–Kier alpha value is -2.93. The SMILES string of the molecule is COc1ccc(F)c(-c2ccc3[nH]nc(NC(=O)[C@@H]4CCCNC4)c3c2)c1. The van der Waals surface area contributed by atoms with E-state index in [1.54, 1.807) is 19.2 Å². The van der Waals surface area contributed by atoms with Crippen molar-refractivity contribution in [1.29, 1.82) is 0 Å². The molecule has 0 radical (unpaired) electrons. The standard InChI is InChI=1S/C20H21FN4O2/c1-27-14-5-6-17(21)15(10-14)12-4-7-18-16(9-12)19(25-24-18)23-20(26)13-3-2-8-22-11-13/h4-7,9-10,13,22H,2-3,8,11H2,1H3,(H2,23,24,25,26)/t13-/m1/s1. The van der Waals surface area contributed by atoms with Crippen molar-refractivity contribution in [2.75, 3.05) is 25.5 Å². The molecule has 1 aromatic heterocycles. The molecule has 0 spiro atoms. The Bertz CT molecular complexity index is 979. The Morgan fingerprint density at radius 2 is 2.19 bits per heavy atom. The van der Waals surface area contributed by atoms with Crippen molar-refractivity contribution in [3.8, 4) is 16.9 Å². The van der Waals surface area contributed by atoms with Crippen LogP contribution in [-0.4, -0.2) is 36.3 Å². The fraction of sp³-hybridized carbons (Fsp3) is 0.300. The van der Waals surface area contributed by atoms with Gasteiger partial charge in [-0.25, -0.2) is 4.39 Å². The van der Waals surface area contributed by atoms with Gasteiger partial charge in [0.15, 0.2) is 5.82 Å². The Morgan fingerprint density at radius 3 is 2.96 bits per heavy atom. The summed E-state index contributed by atoms with van der Waals surface area (Å²) in [7, 11) is 1.55. The van der Waals surface area contributed by atoms with Gasteiger partial charge in [0.1, 0.15) is 11.6 Å². The number of piperidine rings is 1. The van der Waals surface area contributed by atoms with E-state index < -0.39 is 0 Å². The highest BCUT2D eigenvalue weighted by molar-refractivity contribution is 6.01. The van der Waals surface area contributed by atoms with Crippen LogP contribution in [0.4, 0.5) is 10.2 Å². The average molecular weight is 368 g/mol. The largest absolute Gasteiger partial charge is 0.497 e. The van der Waals surface area contributed by atoms with Crippen molar-refractivity contribution in [3.63, 3.8) is 0 Å². The molecule has 1 atom stereocenters. The quantitative estimate of drug-likeness (QED) is 0.660. The minimum absolute atomic E-state index is 0.0476. The number of hydrogen-bond donors (Lipinski definition) is 3. The van der Waals surface area contributed by atoms with Gasteiger partial charge in [-0.1, -0.05) is 6.07 Å². The summed E-state index contributed by atoms with van der Waals surface area (Å²) in [5, 5.41) is 14.0. The number of H-pyrrole nitrogens is 1. The van der Waals surface area contributed by atoms with Crippen LogP contribution in [0.15, 0.2) is 36.4 Å². The van der Waals surface area contributed by atoms with Gasteiger partial charge in [-0.15, -0.1) is 0 Å². The minimum Gasteiger partial charge on any atom is -0.497 e. The van der Waals surface area contributed by atoms with Gasteiger partial charge in [0.05, 0.1) is 18.5 Å². The van der Waals surface area contributed by atoms with E-state index in [0.717, 1.165) is 30.3 Å². The Balaban J connectivity index is 1.66. The molecule has 4 rings (SSSR count). The lowest BCUT2D eigenvalue weighted by Gasteiger charge is -2.21. The van der Waals surface area contributed by atoms with Crippen LogP contribution in [0.5, 0.6) is 5.75 Å². The number of benzene rings is 2. The highest BCUT2D eigenvalue weighted by Crippen LogP contribution is 2.31. The Morgan fingerprint density at radius 1 is 1.30 bits per heavy atom. The molecule has 1 aliphatic heterocycles. The number of anilines is 1. The number of carbonyl (C=O) groups excluding carboxylic acids is 1. The van der Waals surface area contributed by atoms with Gasteiger partial charge in [0, 0.05) is 17.5 Å². The molecule has 1 amide bonds. The third kappa shape index (κ3) is 3.50. The van der Waals surface area contributed by atoms with E-state index in [0.29, 0.717) is 29.2 Å². The summed E-state index contributed by atoms with van der Waals surface area (Å²) in [6.07, 6.45) is 1.85. The first-order valence-electron chi connectivity index (χ1n) is 8.99. The van der Waals surface area contributed by atoms with Crippen molar-refractivity contribution >= 4 is 22.6 Å². The van der Waals surface area contributed by atoms with Crippen LogP contribution in [0, 0.1) is 11.7 Å². The maximum atomic E-state index is 14.3. The first-order chi connectivity index (χ1) is 13.2. The number of amides is 1. The number of aromatic amines is 1. The molecular formula is C20H21FN4O2.